The lowest BCUT2D eigenvalue weighted by Gasteiger charge is -2.38. The van der Waals surface area contributed by atoms with Gasteiger partial charge in [0.15, 0.2) is 0 Å². The molecule has 0 bridgehead atoms. The number of aromatic nitrogens is 1. The van der Waals surface area contributed by atoms with Gasteiger partial charge in [-0.3, -0.25) is 4.79 Å². The van der Waals surface area contributed by atoms with Gasteiger partial charge in [-0.25, -0.2) is 13.6 Å². The Morgan fingerprint density at radius 2 is 1.71 bits per heavy atom. The fourth-order valence-electron chi connectivity index (χ4n) is 6.88. The van der Waals surface area contributed by atoms with E-state index in [2.05, 4.69) is 21.4 Å². The summed E-state index contributed by atoms with van der Waals surface area (Å²) in [6.45, 7) is 2.71. The molecule has 1 fully saturated rings. The zero-order valence-corrected chi connectivity index (χ0v) is 28.6. The van der Waals surface area contributed by atoms with Crippen molar-refractivity contribution >= 4 is 54.7 Å². The number of likely N-dealkylation sites (N-methyl/N-ethyl adjacent to an activating group) is 1. The summed E-state index contributed by atoms with van der Waals surface area (Å²) >= 11 is 1.35. The largest absolute Gasteiger partial charge is 0.506 e. The first-order valence-electron chi connectivity index (χ1n) is 16.4. The van der Waals surface area contributed by atoms with E-state index in [1.807, 2.05) is 43.3 Å². The first-order valence-corrected chi connectivity index (χ1v) is 18.7. The standard InChI is InChI=1S/C37H41N5O4S2/c1-2-41(31-19-17-27(22-33(31)43)29-15-9-10-16-35(29)48(39,45)46)37(44)32(21-25-11-5-3-6-12-25)42(24-26-13-7-4-8-14-26)28-18-20-34-30(23-28)36(38)40-47-34/h4,7-10,13-20,22-23,25,32,43H,2-3,5-6,11-12,21,24H2,1H3,(H2,38,40)(H2,39,45,46). The highest BCUT2D eigenvalue weighted by Gasteiger charge is 2.34. The van der Waals surface area contributed by atoms with Crippen LogP contribution in [0.25, 0.3) is 21.2 Å². The van der Waals surface area contributed by atoms with Crippen LogP contribution in [-0.2, 0) is 21.4 Å². The summed E-state index contributed by atoms with van der Waals surface area (Å²) in [6, 6.07) is 26.9. The number of nitrogen functional groups attached to an aromatic ring is 1. The number of hydrogen-bond donors (Lipinski definition) is 3. The van der Waals surface area contributed by atoms with Gasteiger partial charge in [0.2, 0.25) is 15.9 Å². The molecule has 4 aromatic carbocycles. The minimum Gasteiger partial charge on any atom is -0.506 e. The zero-order chi connectivity index (χ0) is 33.8. The van der Waals surface area contributed by atoms with Crippen molar-refractivity contribution in [2.75, 3.05) is 22.1 Å². The lowest BCUT2D eigenvalue weighted by atomic mass is 9.84. The number of hydrogen-bond acceptors (Lipinski definition) is 8. The number of anilines is 3. The van der Waals surface area contributed by atoms with Crippen molar-refractivity contribution in [2.45, 2.75) is 62.9 Å². The number of nitrogens with zero attached hydrogens (tertiary/aromatic N) is 3. The number of phenolic OH excluding ortho intramolecular Hbond substituents is 1. The summed E-state index contributed by atoms with van der Waals surface area (Å²) in [4.78, 5) is 18.7. The first kappa shape index (κ1) is 33.5. The van der Waals surface area contributed by atoms with E-state index in [0.29, 0.717) is 48.1 Å². The highest BCUT2D eigenvalue weighted by Crippen LogP contribution is 2.38. The molecule has 0 spiro atoms. The quantitative estimate of drug-likeness (QED) is 0.133. The Kier molecular flexibility index (Phi) is 10.00. The molecule has 11 heteroatoms. The number of carbonyl (C=O) groups is 1. The van der Waals surface area contributed by atoms with Gasteiger partial charge in [-0.05, 0) is 78.3 Å². The maximum absolute atomic E-state index is 15.0. The lowest BCUT2D eigenvalue weighted by molar-refractivity contribution is -0.120. The van der Waals surface area contributed by atoms with E-state index < -0.39 is 16.1 Å². The average molecular weight is 684 g/mol. The summed E-state index contributed by atoms with van der Waals surface area (Å²) in [7, 11) is -4.00. The minimum absolute atomic E-state index is 0.0388. The molecule has 1 aromatic heterocycles. The van der Waals surface area contributed by atoms with E-state index in [0.717, 1.165) is 47.0 Å². The van der Waals surface area contributed by atoms with Crippen molar-refractivity contribution in [1.82, 2.24) is 4.37 Å². The van der Waals surface area contributed by atoms with Crippen LogP contribution < -0.4 is 20.7 Å². The number of amides is 1. The van der Waals surface area contributed by atoms with E-state index in [-0.39, 0.29) is 16.6 Å². The van der Waals surface area contributed by atoms with Crippen molar-refractivity contribution in [3.8, 4) is 16.9 Å². The first-order chi connectivity index (χ1) is 23.1. The third-order valence-electron chi connectivity index (χ3n) is 9.30. The molecule has 6 rings (SSSR count). The van der Waals surface area contributed by atoms with E-state index in [9.17, 15) is 18.3 Å². The topological polar surface area (TPSA) is 143 Å². The van der Waals surface area contributed by atoms with Gasteiger partial charge in [0, 0.05) is 29.7 Å². The molecule has 0 saturated heterocycles. The molecule has 250 valence electrons. The lowest BCUT2D eigenvalue weighted by Crippen LogP contribution is -2.50. The van der Waals surface area contributed by atoms with Crippen LogP contribution in [0.3, 0.4) is 0 Å². The Balaban J connectivity index is 1.42. The SMILES string of the molecule is CCN(C(=O)C(CC1CCCCC1)N(Cc1ccccc1)c1ccc2snc(N)c2c1)c1ccc(-c2ccccc2S(N)(=O)=O)cc1O. The van der Waals surface area contributed by atoms with Crippen LogP contribution in [0.1, 0.15) is 51.0 Å². The van der Waals surface area contributed by atoms with Gasteiger partial charge in [-0.1, -0.05) is 86.7 Å². The summed E-state index contributed by atoms with van der Waals surface area (Å²) < 4.78 is 29.9. The molecule has 1 saturated carbocycles. The monoisotopic (exact) mass is 683 g/mol. The molecule has 1 atom stereocenters. The second-order valence-corrected chi connectivity index (χ2v) is 14.8. The van der Waals surface area contributed by atoms with E-state index >= 15 is 0 Å². The molecule has 9 nitrogen and oxygen atoms in total. The Morgan fingerprint density at radius 3 is 2.42 bits per heavy atom. The number of phenols is 1. The molecule has 1 heterocycles. The predicted octanol–water partition coefficient (Wildman–Crippen LogP) is 7.30. The average Bonchev–Trinajstić information content (AvgIpc) is 3.47. The number of carbonyl (C=O) groups excluding carboxylic acids is 1. The molecule has 1 aliphatic carbocycles. The number of aromatic hydroxyl groups is 1. The van der Waals surface area contributed by atoms with Gasteiger partial charge in [-0.15, -0.1) is 0 Å². The highest BCUT2D eigenvalue weighted by atomic mass is 32.2. The van der Waals surface area contributed by atoms with E-state index in [4.69, 9.17) is 10.9 Å². The van der Waals surface area contributed by atoms with Crippen LogP contribution in [0, 0.1) is 5.92 Å². The van der Waals surface area contributed by atoms with Crippen LogP contribution in [0.5, 0.6) is 5.75 Å². The Bertz CT molecular complexity index is 2010. The zero-order valence-electron chi connectivity index (χ0n) is 27.0. The van der Waals surface area contributed by atoms with E-state index in [1.165, 1.54) is 30.1 Å². The summed E-state index contributed by atoms with van der Waals surface area (Å²) in [5.41, 5.74) is 9.42. The third kappa shape index (κ3) is 7.18. The van der Waals surface area contributed by atoms with Crippen LogP contribution in [0.15, 0.2) is 95.9 Å². The van der Waals surface area contributed by atoms with Crippen LogP contribution >= 0.6 is 11.5 Å². The fourth-order valence-corrected chi connectivity index (χ4v) is 8.33. The summed E-state index contributed by atoms with van der Waals surface area (Å²) in [5, 5.41) is 17.8. The van der Waals surface area contributed by atoms with Crippen molar-refractivity contribution in [1.29, 1.82) is 0 Å². The molecule has 1 amide bonds. The second-order valence-electron chi connectivity index (χ2n) is 12.4. The number of nitrogens with two attached hydrogens (primary N) is 2. The number of sulfonamides is 1. The molecule has 1 aliphatic rings. The fraction of sp³-hybridized carbons (Fsp3) is 0.297. The van der Waals surface area contributed by atoms with Gasteiger partial charge in [-0.2, -0.15) is 4.37 Å². The minimum atomic E-state index is -4.00. The van der Waals surface area contributed by atoms with Crippen LogP contribution in [-0.4, -0.2) is 36.4 Å². The smallest absolute Gasteiger partial charge is 0.249 e. The molecule has 1 unspecified atom stereocenters. The molecular weight excluding hydrogens is 643 g/mol. The highest BCUT2D eigenvalue weighted by molar-refractivity contribution is 7.89. The molecule has 0 radical (unpaired) electrons. The molecule has 0 aliphatic heterocycles. The molecule has 48 heavy (non-hydrogen) atoms. The normalized spacial score (nSPS) is 14.5. The van der Waals surface area contributed by atoms with Crippen LogP contribution in [0.4, 0.5) is 17.2 Å². The van der Waals surface area contributed by atoms with Crippen molar-refractivity contribution in [2.24, 2.45) is 11.1 Å². The summed E-state index contributed by atoms with van der Waals surface area (Å²) in [6.07, 6.45) is 6.30. The van der Waals surface area contributed by atoms with Gasteiger partial charge >= 0.3 is 0 Å². The molecule has 5 N–H and O–H groups in total. The van der Waals surface area contributed by atoms with Gasteiger partial charge in [0.1, 0.15) is 17.6 Å². The predicted molar refractivity (Wildman–Crippen MR) is 195 cm³/mol. The van der Waals surface area contributed by atoms with E-state index in [1.54, 1.807) is 35.2 Å². The Labute approximate surface area is 286 Å². The van der Waals surface area contributed by atoms with Gasteiger partial charge in [0.05, 0.1) is 15.3 Å². The maximum Gasteiger partial charge on any atom is 0.249 e. The number of rotatable bonds is 11. The van der Waals surface area contributed by atoms with Crippen molar-refractivity contribution in [3.05, 3.63) is 96.6 Å². The number of primary sulfonamides is 1. The number of fused-ring (bicyclic) bond motifs is 1. The Morgan fingerprint density at radius 1 is 0.979 bits per heavy atom. The second kappa shape index (κ2) is 14.3. The Hall–Kier alpha value is -4.45. The molecular formula is C37H41N5O4S2. The molecule has 5 aromatic rings. The number of benzene rings is 4. The third-order valence-corrected chi connectivity index (χ3v) is 11.1. The van der Waals surface area contributed by atoms with Gasteiger partial charge < -0.3 is 20.6 Å². The summed E-state index contributed by atoms with van der Waals surface area (Å²) in [5.74, 6) is 0.600. The van der Waals surface area contributed by atoms with Gasteiger partial charge in [0.25, 0.3) is 0 Å². The maximum atomic E-state index is 15.0. The van der Waals surface area contributed by atoms with Crippen LogP contribution in [0.2, 0.25) is 0 Å². The van der Waals surface area contributed by atoms with Crippen molar-refractivity contribution < 1.29 is 18.3 Å². The van der Waals surface area contributed by atoms with Crippen molar-refractivity contribution in [3.63, 3.8) is 0 Å².